The van der Waals surface area contributed by atoms with Gasteiger partial charge in [-0.2, -0.15) is 5.10 Å². The number of hydrogen-bond acceptors (Lipinski definition) is 3. The summed E-state index contributed by atoms with van der Waals surface area (Å²) in [5.74, 6) is 0.0143. The van der Waals surface area contributed by atoms with Crippen LogP contribution in [0.15, 0.2) is 30.3 Å². The van der Waals surface area contributed by atoms with E-state index in [1.807, 2.05) is 24.3 Å². The smallest absolute Gasteiger partial charge is 0.253 e. The van der Waals surface area contributed by atoms with E-state index in [-0.39, 0.29) is 5.91 Å². The molecule has 3 heterocycles. The molecule has 4 rings (SSSR count). The van der Waals surface area contributed by atoms with Crippen molar-refractivity contribution in [1.29, 1.82) is 0 Å². The summed E-state index contributed by atoms with van der Waals surface area (Å²) in [5.41, 5.74) is 4.18. The summed E-state index contributed by atoms with van der Waals surface area (Å²) in [4.78, 5) is 14.3. The summed E-state index contributed by atoms with van der Waals surface area (Å²) >= 11 is 0. The molecule has 0 spiro atoms. The largest absolute Gasteiger partial charge is 0.363 e. The van der Waals surface area contributed by atoms with E-state index in [0.717, 1.165) is 43.0 Å². The van der Waals surface area contributed by atoms with Gasteiger partial charge in [-0.05, 0) is 31.0 Å². The lowest BCUT2D eigenvalue weighted by atomic mass is 10.1. The molecule has 0 fully saturated rings. The van der Waals surface area contributed by atoms with Crippen LogP contribution in [0.2, 0.25) is 0 Å². The van der Waals surface area contributed by atoms with Crippen molar-refractivity contribution in [3.8, 4) is 0 Å². The average Bonchev–Trinajstić information content (AvgIpc) is 3.03. The standard InChI is InChI=1S/C16H18N4O/c21-16-14-5-1-2-6-15(14)19(9-7-17-16)11-12-10-13-4-3-8-20(13)18-12/h1-2,5-6,10H,3-4,7-9,11H2,(H,17,21). The summed E-state index contributed by atoms with van der Waals surface area (Å²) in [6.45, 7) is 3.27. The number of amides is 1. The number of anilines is 1. The fraction of sp³-hybridized carbons (Fsp3) is 0.375. The Morgan fingerprint density at radius 1 is 1.24 bits per heavy atom. The van der Waals surface area contributed by atoms with Crippen LogP contribution in [0.5, 0.6) is 0 Å². The lowest BCUT2D eigenvalue weighted by molar-refractivity contribution is 0.0958. The summed E-state index contributed by atoms with van der Waals surface area (Å²) in [7, 11) is 0. The van der Waals surface area contributed by atoms with Crippen LogP contribution in [0.4, 0.5) is 5.69 Å². The lowest BCUT2D eigenvalue weighted by Gasteiger charge is -2.22. The molecule has 0 atom stereocenters. The summed E-state index contributed by atoms with van der Waals surface area (Å²) in [6, 6.07) is 10.0. The maximum Gasteiger partial charge on any atom is 0.253 e. The topological polar surface area (TPSA) is 50.2 Å². The van der Waals surface area contributed by atoms with Gasteiger partial charge in [0.15, 0.2) is 0 Å². The number of hydrogen-bond donors (Lipinski definition) is 1. The van der Waals surface area contributed by atoms with Gasteiger partial charge in [-0.1, -0.05) is 12.1 Å². The second kappa shape index (κ2) is 4.91. The highest BCUT2D eigenvalue weighted by atomic mass is 16.1. The van der Waals surface area contributed by atoms with Crippen LogP contribution in [0, 0.1) is 0 Å². The van der Waals surface area contributed by atoms with Gasteiger partial charge >= 0.3 is 0 Å². The Kier molecular flexibility index (Phi) is 2.91. The molecule has 5 nitrogen and oxygen atoms in total. The fourth-order valence-corrected chi connectivity index (χ4v) is 3.22. The maximum atomic E-state index is 12.1. The van der Waals surface area contributed by atoms with Crippen molar-refractivity contribution in [2.24, 2.45) is 0 Å². The van der Waals surface area contributed by atoms with Gasteiger partial charge in [-0.25, -0.2) is 0 Å². The first-order valence-corrected chi connectivity index (χ1v) is 7.49. The number of nitrogens with zero attached hydrogens (tertiary/aromatic N) is 3. The molecule has 1 amide bonds. The summed E-state index contributed by atoms with van der Waals surface area (Å²) < 4.78 is 2.11. The van der Waals surface area contributed by atoms with Gasteiger partial charge in [-0.15, -0.1) is 0 Å². The number of para-hydroxylation sites is 1. The molecular weight excluding hydrogens is 264 g/mol. The minimum absolute atomic E-state index is 0.0143. The molecule has 5 heteroatoms. The predicted molar refractivity (Wildman–Crippen MR) is 80.4 cm³/mol. The van der Waals surface area contributed by atoms with Crippen molar-refractivity contribution in [3.63, 3.8) is 0 Å². The zero-order valence-corrected chi connectivity index (χ0v) is 11.9. The van der Waals surface area contributed by atoms with Gasteiger partial charge in [0.05, 0.1) is 17.8 Å². The quantitative estimate of drug-likeness (QED) is 0.910. The SMILES string of the molecule is O=C1NCCN(Cc2cc3n(n2)CCC3)c2ccccc21. The van der Waals surface area contributed by atoms with Gasteiger partial charge in [0.1, 0.15) is 0 Å². The molecule has 0 unspecified atom stereocenters. The first-order valence-electron chi connectivity index (χ1n) is 7.49. The molecule has 2 aromatic rings. The Bertz CT molecular complexity index is 670. The average molecular weight is 282 g/mol. The maximum absolute atomic E-state index is 12.1. The van der Waals surface area contributed by atoms with Crippen LogP contribution in [0.3, 0.4) is 0 Å². The predicted octanol–water partition coefficient (Wildman–Crippen LogP) is 1.58. The number of benzene rings is 1. The van der Waals surface area contributed by atoms with E-state index in [0.29, 0.717) is 6.54 Å². The second-order valence-corrected chi connectivity index (χ2v) is 5.65. The van der Waals surface area contributed by atoms with Crippen molar-refractivity contribution >= 4 is 11.6 Å². The molecule has 108 valence electrons. The highest BCUT2D eigenvalue weighted by Gasteiger charge is 2.21. The molecule has 0 saturated carbocycles. The molecule has 2 aliphatic heterocycles. The third-order valence-corrected chi connectivity index (χ3v) is 4.23. The first kappa shape index (κ1) is 12.4. The van der Waals surface area contributed by atoms with Crippen LogP contribution in [0.1, 0.15) is 28.2 Å². The van der Waals surface area contributed by atoms with Crippen molar-refractivity contribution in [2.75, 3.05) is 18.0 Å². The van der Waals surface area contributed by atoms with Gasteiger partial charge in [0, 0.05) is 31.0 Å². The van der Waals surface area contributed by atoms with E-state index in [1.165, 1.54) is 12.1 Å². The molecule has 0 radical (unpaired) electrons. The Labute approximate surface area is 123 Å². The molecule has 1 aromatic heterocycles. The van der Waals surface area contributed by atoms with Crippen LogP contribution in [-0.4, -0.2) is 28.8 Å². The van der Waals surface area contributed by atoms with Crippen LogP contribution >= 0.6 is 0 Å². The minimum atomic E-state index is 0.0143. The van der Waals surface area contributed by atoms with E-state index >= 15 is 0 Å². The Morgan fingerprint density at radius 2 is 2.14 bits per heavy atom. The van der Waals surface area contributed by atoms with Gasteiger partial charge in [0.25, 0.3) is 5.91 Å². The second-order valence-electron chi connectivity index (χ2n) is 5.65. The zero-order valence-electron chi connectivity index (χ0n) is 11.9. The summed E-state index contributed by atoms with van der Waals surface area (Å²) in [5, 5.41) is 7.63. The number of carbonyl (C=O) groups excluding carboxylic acids is 1. The van der Waals surface area contributed by atoms with Crippen LogP contribution in [-0.2, 0) is 19.5 Å². The Hall–Kier alpha value is -2.30. The van der Waals surface area contributed by atoms with E-state index in [1.54, 1.807) is 0 Å². The molecular formula is C16H18N4O. The monoisotopic (exact) mass is 282 g/mol. The number of rotatable bonds is 2. The van der Waals surface area contributed by atoms with Crippen LogP contribution < -0.4 is 10.2 Å². The van der Waals surface area contributed by atoms with Crippen molar-refractivity contribution in [2.45, 2.75) is 25.9 Å². The van der Waals surface area contributed by atoms with Crippen molar-refractivity contribution in [1.82, 2.24) is 15.1 Å². The number of aromatic nitrogens is 2. The molecule has 0 saturated heterocycles. The van der Waals surface area contributed by atoms with Crippen LogP contribution in [0.25, 0.3) is 0 Å². The Morgan fingerprint density at radius 3 is 3.05 bits per heavy atom. The number of carbonyl (C=O) groups is 1. The number of aryl methyl sites for hydroxylation is 2. The molecule has 1 N–H and O–H groups in total. The Balaban J connectivity index is 1.64. The van der Waals surface area contributed by atoms with Gasteiger partial charge < -0.3 is 10.2 Å². The molecule has 1 aromatic carbocycles. The highest BCUT2D eigenvalue weighted by molar-refractivity contribution is 6.00. The fourth-order valence-electron chi connectivity index (χ4n) is 3.22. The van der Waals surface area contributed by atoms with Crippen molar-refractivity contribution in [3.05, 3.63) is 47.3 Å². The number of fused-ring (bicyclic) bond motifs is 2. The van der Waals surface area contributed by atoms with E-state index in [2.05, 4.69) is 26.1 Å². The van der Waals surface area contributed by atoms with E-state index < -0.39 is 0 Å². The normalized spacial score (nSPS) is 17.1. The summed E-state index contributed by atoms with van der Waals surface area (Å²) in [6.07, 6.45) is 2.33. The van der Waals surface area contributed by atoms with Gasteiger partial charge in [0.2, 0.25) is 0 Å². The van der Waals surface area contributed by atoms with Crippen molar-refractivity contribution < 1.29 is 4.79 Å². The minimum Gasteiger partial charge on any atom is -0.363 e. The highest BCUT2D eigenvalue weighted by Crippen LogP contribution is 2.24. The zero-order chi connectivity index (χ0) is 14.2. The van der Waals surface area contributed by atoms with E-state index in [9.17, 15) is 4.79 Å². The lowest BCUT2D eigenvalue weighted by Crippen LogP contribution is -2.29. The molecule has 0 aliphatic carbocycles. The van der Waals surface area contributed by atoms with Gasteiger partial charge in [-0.3, -0.25) is 9.48 Å². The number of nitrogens with one attached hydrogen (secondary N) is 1. The third-order valence-electron chi connectivity index (χ3n) is 4.23. The molecule has 0 bridgehead atoms. The molecule has 2 aliphatic rings. The first-order chi connectivity index (χ1) is 10.3. The third kappa shape index (κ3) is 2.18. The molecule has 21 heavy (non-hydrogen) atoms. The van der Waals surface area contributed by atoms with E-state index in [4.69, 9.17) is 0 Å².